The van der Waals surface area contributed by atoms with Crippen molar-refractivity contribution in [1.29, 1.82) is 0 Å². The highest BCUT2D eigenvalue weighted by Crippen LogP contribution is 2.29. The Morgan fingerprint density at radius 2 is 2.09 bits per heavy atom. The predicted octanol–water partition coefficient (Wildman–Crippen LogP) is 0.130. The number of hydrogen-bond acceptors (Lipinski definition) is 2. The van der Waals surface area contributed by atoms with Gasteiger partial charge < -0.3 is 10.6 Å². The number of halogens is 1. The van der Waals surface area contributed by atoms with Gasteiger partial charge in [-0.1, -0.05) is 0 Å². The number of amides is 1. The fourth-order valence-electron chi connectivity index (χ4n) is 1.50. The first kappa shape index (κ1) is 8.81. The van der Waals surface area contributed by atoms with Gasteiger partial charge in [-0.15, -0.1) is 12.4 Å². The summed E-state index contributed by atoms with van der Waals surface area (Å²) in [6.45, 7) is 0.795. The minimum atomic E-state index is 0. The second-order valence-corrected chi connectivity index (χ2v) is 3.24. The first-order valence-electron chi connectivity index (χ1n) is 3.82. The van der Waals surface area contributed by atoms with Crippen molar-refractivity contribution in [3.8, 4) is 0 Å². The van der Waals surface area contributed by atoms with Gasteiger partial charge in [0.2, 0.25) is 5.91 Å². The molecular weight excluding hydrogens is 164 g/mol. The number of nitrogens with zero attached hydrogens (tertiary/aromatic N) is 1. The lowest BCUT2D eigenvalue weighted by molar-refractivity contribution is -0.128. The van der Waals surface area contributed by atoms with Crippen LogP contribution in [0.4, 0.5) is 0 Å². The van der Waals surface area contributed by atoms with Gasteiger partial charge in [0, 0.05) is 25.0 Å². The highest BCUT2D eigenvalue weighted by Gasteiger charge is 2.37. The molecule has 4 heteroatoms. The van der Waals surface area contributed by atoms with Crippen molar-refractivity contribution in [2.24, 2.45) is 5.73 Å². The quantitative estimate of drug-likeness (QED) is 0.618. The number of carbonyl (C=O) groups excluding carboxylic acids is 1. The summed E-state index contributed by atoms with van der Waals surface area (Å²) in [6, 6.07) is 0.661. The maximum atomic E-state index is 11.1. The SMILES string of the molecule is Cl.NC1CC(=O)N(C2CC2)C1. The average molecular weight is 177 g/mol. The summed E-state index contributed by atoms with van der Waals surface area (Å²) in [5.74, 6) is 0.259. The molecule has 1 atom stereocenters. The Balaban J connectivity index is 0.000000605. The van der Waals surface area contributed by atoms with E-state index in [4.69, 9.17) is 5.73 Å². The molecule has 1 unspecified atom stereocenters. The molecular formula is C7H13ClN2O. The number of hydrogen-bond donors (Lipinski definition) is 1. The first-order valence-corrected chi connectivity index (χ1v) is 3.82. The van der Waals surface area contributed by atoms with E-state index < -0.39 is 0 Å². The molecule has 1 aliphatic carbocycles. The fraction of sp³-hybridized carbons (Fsp3) is 0.857. The summed E-state index contributed by atoms with van der Waals surface area (Å²) in [5.41, 5.74) is 5.62. The Morgan fingerprint density at radius 3 is 2.45 bits per heavy atom. The monoisotopic (exact) mass is 176 g/mol. The van der Waals surface area contributed by atoms with Gasteiger partial charge in [-0.3, -0.25) is 4.79 Å². The second-order valence-electron chi connectivity index (χ2n) is 3.24. The second kappa shape index (κ2) is 2.99. The summed E-state index contributed by atoms with van der Waals surface area (Å²) in [7, 11) is 0. The molecule has 0 aromatic carbocycles. The van der Waals surface area contributed by atoms with Crippen molar-refractivity contribution >= 4 is 18.3 Å². The van der Waals surface area contributed by atoms with Gasteiger partial charge in [-0.25, -0.2) is 0 Å². The fourth-order valence-corrected chi connectivity index (χ4v) is 1.50. The number of rotatable bonds is 1. The van der Waals surface area contributed by atoms with Gasteiger partial charge in [-0.05, 0) is 12.8 Å². The summed E-state index contributed by atoms with van der Waals surface area (Å²) < 4.78 is 0. The molecule has 2 rings (SSSR count). The third kappa shape index (κ3) is 1.65. The Bertz CT molecular complexity index is 170. The van der Waals surface area contributed by atoms with Gasteiger partial charge >= 0.3 is 0 Å². The molecule has 0 aromatic heterocycles. The number of likely N-dealkylation sites (tertiary alicyclic amines) is 1. The lowest BCUT2D eigenvalue weighted by atomic mass is 10.3. The van der Waals surface area contributed by atoms with E-state index in [1.807, 2.05) is 4.90 Å². The van der Waals surface area contributed by atoms with Crippen LogP contribution in [0.15, 0.2) is 0 Å². The molecule has 1 aliphatic heterocycles. The van der Waals surface area contributed by atoms with Gasteiger partial charge in [0.15, 0.2) is 0 Å². The molecule has 1 saturated heterocycles. The minimum absolute atomic E-state index is 0. The predicted molar refractivity (Wildman–Crippen MR) is 44.6 cm³/mol. The maximum absolute atomic E-state index is 11.1. The van der Waals surface area contributed by atoms with E-state index in [-0.39, 0.29) is 24.4 Å². The molecule has 2 aliphatic rings. The summed E-state index contributed by atoms with van der Waals surface area (Å²) in [6.07, 6.45) is 2.95. The van der Waals surface area contributed by atoms with Crippen molar-refractivity contribution in [3.63, 3.8) is 0 Å². The molecule has 2 N–H and O–H groups in total. The van der Waals surface area contributed by atoms with Crippen LogP contribution in [-0.2, 0) is 4.79 Å². The van der Waals surface area contributed by atoms with Crippen LogP contribution >= 0.6 is 12.4 Å². The smallest absolute Gasteiger partial charge is 0.224 e. The van der Waals surface area contributed by atoms with Gasteiger partial charge in [0.05, 0.1) is 0 Å². The van der Waals surface area contributed by atoms with E-state index >= 15 is 0 Å². The van der Waals surface area contributed by atoms with Crippen LogP contribution in [0.1, 0.15) is 19.3 Å². The zero-order valence-electron chi connectivity index (χ0n) is 6.32. The maximum Gasteiger partial charge on any atom is 0.224 e. The molecule has 2 fully saturated rings. The molecule has 64 valence electrons. The summed E-state index contributed by atoms with van der Waals surface area (Å²) in [5, 5.41) is 0. The highest BCUT2D eigenvalue weighted by atomic mass is 35.5. The van der Waals surface area contributed by atoms with E-state index in [1.165, 1.54) is 12.8 Å². The minimum Gasteiger partial charge on any atom is -0.338 e. The van der Waals surface area contributed by atoms with E-state index in [1.54, 1.807) is 0 Å². The summed E-state index contributed by atoms with van der Waals surface area (Å²) >= 11 is 0. The van der Waals surface area contributed by atoms with Crippen LogP contribution in [0.25, 0.3) is 0 Å². The van der Waals surface area contributed by atoms with E-state index in [9.17, 15) is 4.79 Å². The molecule has 1 amide bonds. The standard InChI is InChI=1S/C7H12N2O.ClH/c8-5-3-7(10)9(4-5)6-1-2-6;/h5-6H,1-4,8H2;1H. The van der Waals surface area contributed by atoms with Crippen LogP contribution in [-0.4, -0.2) is 29.4 Å². The first-order chi connectivity index (χ1) is 4.77. The average Bonchev–Trinajstić information content (AvgIpc) is 2.61. The van der Waals surface area contributed by atoms with Crippen LogP contribution < -0.4 is 5.73 Å². The Labute approximate surface area is 72.3 Å². The molecule has 0 aromatic rings. The number of nitrogens with two attached hydrogens (primary N) is 1. The van der Waals surface area contributed by atoms with Gasteiger partial charge in [-0.2, -0.15) is 0 Å². The Morgan fingerprint density at radius 1 is 1.45 bits per heavy atom. The zero-order valence-corrected chi connectivity index (χ0v) is 7.14. The topological polar surface area (TPSA) is 46.3 Å². The molecule has 3 nitrogen and oxygen atoms in total. The van der Waals surface area contributed by atoms with Crippen molar-refractivity contribution in [1.82, 2.24) is 4.90 Å². The van der Waals surface area contributed by atoms with Crippen molar-refractivity contribution < 1.29 is 4.79 Å². The van der Waals surface area contributed by atoms with E-state index in [2.05, 4.69) is 0 Å². The largest absolute Gasteiger partial charge is 0.338 e. The van der Waals surface area contributed by atoms with E-state index in [0.717, 1.165) is 6.54 Å². The third-order valence-corrected chi connectivity index (χ3v) is 2.18. The lowest BCUT2D eigenvalue weighted by Gasteiger charge is -2.13. The Hall–Kier alpha value is -0.280. The lowest BCUT2D eigenvalue weighted by Crippen LogP contribution is -2.29. The van der Waals surface area contributed by atoms with Gasteiger partial charge in [0.25, 0.3) is 0 Å². The summed E-state index contributed by atoms with van der Waals surface area (Å²) in [4.78, 5) is 13.0. The number of carbonyl (C=O) groups is 1. The van der Waals surface area contributed by atoms with Crippen LogP contribution in [0.5, 0.6) is 0 Å². The molecule has 0 spiro atoms. The molecule has 0 bridgehead atoms. The van der Waals surface area contributed by atoms with Gasteiger partial charge in [0.1, 0.15) is 0 Å². The molecule has 11 heavy (non-hydrogen) atoms. The molecule has 1 saturated carbocycles. The van der Waals surface area contributed by atoms with Crippen molar-refractivity contribution in [2.75, 3.05) is 6.54 Å². The van der Waals surface area contributed by atoms with Crippen molar-refractivity contribution in [3.05, 3.63) is 0 Å². The van der Waals surface area contributed by atoms with Crippen LogP contribution in [0.3, 0.4) is 0 Å². The van der Waals surface area contributed by atoms with Crippen LogP contribution in [0.2, 0.25) is 0 Å². The molecule has 1 heterocycles. The normalized spacial score (nSPS) is 30.5. The van der Waals surface area contributed by atoms with E-state index in [0.29, 0.717) is 12.5 Å². The zero-order chi connectivity index (χ0) is 7.14. The van der Waals surface area contributed by atoms with Crippen LogP contribution in [0, 0.1) is 0 Å². The third-order valence-electron chi connectivity index (χ3n) is 2.18. The highest BCUT2D eigenvalue weighted by molar-refractivity contribution is 5.85. The molecule has 0 radical (unpaired) electrons. The van der Waals surface area contributed by atoms with Crippen molar-refractivity contribution in [2.45, 2.75) is 31.3 Å². The Kier molecular flexibility index (Phi) is 2.40.